The van der Waals surface area contributed by atoms with E-state index >= 15 is 0 Å². The van der Waals surface area contributed by atoms with E-state index in [-0.39, 0.29) is 42.2 Å². The lowest BCUT2D eigenvalue weighted by Crippen LogP contribution is -2.59. The number of alkyl halides is 2. The minimum absolute atomic E-state index is 0.0718. The molecule has 3 fully saturated rings. The number of nitrogens with zero attached hydrogens (tertiary/aromatic N) is 5. The first kappa shape index (κ1) is 62.0. The van der Waals surface area contributed by atoms with Crippen LogP contribution in [0, 0.1) is 17.8 Å². The van der Waals surface area contributed by atoms with Gasteiger partial charge in [0.05, 0.1) is 52.1 Å². The number of esters is 1. The number of cyclic esters (lactones) is 1. The molecule has 22 heteroatoms. The molecule has 424 valence electrons. The molecule has 0 radical (unpaired) electrons. The number of methoxy groups -OCH3 is 2. The van der Waals surface area contributed by atoms with Gasteiger partial charge in [0.1, 0.15) is 42.7 Å². The summed E-state index contributed by atoms with van der Waals surface area (Å²) in [5.74, 6) is -2.67. The molecule has 0 bridgehead atoms. The molecule has 3 saturated heterocycles. The van der Waals surface area contributed by atoms with Gasteiger partial charge in [-0.05, 0) is 105 Å². The van der Waals surface area contributed by atoms with Crippen molar-refractivity contribution in [2.45, 2.75) is 209 Å². The first-order chi connectivity index (χ1) is 34.6. The maximum absolute atomic E-state index is 14.7. The fraction of sp³-hybridized carbons (Fsp3) is 0.827. The average molecular weight is 1080 g/mol. The predicted molar refractivity (Wildman–Crippen MR) is 270 cm³/mol. The Morgan fingerprint density at radius 3 is 2.20 bits per heavy atom. The molecule has 4 N–H and O–H groups in total. The summed E-state index contributed by atoms with van der Waals surface area (Å²) in [4.78, 5) is 18.4. The molecule has 2 aromatic rings. The smallest absolute Gasteiger partial charge is 0.311 e. The van der Waals surface area contributed by atoms with E-state index in [1.54, 1.807) is 47.7 Å². The van der Waals surface area contributed by atoms with Crippen molar-refractivity contribution in [1.29, 1.82) is 0 Å². The molecule has 0 amide bonds. The summed E-state index contributed by atoms with van der Waals surface area (Å²) >= 11 is 0. The standard InChI is InChI=1S/C52H87F2N5O14S/c1-15-41-52(10,64)46(60)34(6)58(12)27-30(2)24-50(8,63)48(32(4)44(33(5)49(62)71-41)72-43-25-51(9,68-14)47(61)35(7)70-43)73-42-23-38(22-31(3)69-42)57(11)21-20-37-28-59(56-55-37)40(26-53)45(67-13)36-16-18-39(19-17-36)74(65,66)29-54/h16-19,28,30-35,38,40-48,60-61,63-64H,15,20-27,29H2,1-14H3/t30-,31-,32+,33-,34-,35+,38+,40-,41-,42+,43+,44+,45-,46-,47+,48-,50-,51-,52-/m1/s1. The van der Waals surface area contributed by atoms with Gasteiger partial charge in [-0.15, -0.1) is 5.10 Å². The van der Waals surface area contributed by atoms with Crippen molar-refractivity contribution < 1.29 is 75.6 Å². The van der Waals surface area contributed by atoms with Crippen LogP contribution in [-0.2, 0) is 54.2 Å². The summed E-state index contributed by atoms with van der Waals surface area (Å²) in [6.45, 7) is 17.7. The van der Waals surface area contributed by atoms with Crippen LogP contribution in [0.25, 0.3) is 0 Å². The quantitative estimate of drug-likeness (QED) is 0.157. The molecule has 0 aliphatic carbocycles. The lowest BCUT2D eigenvalue weighted by molar-refractivity contribution is -0.308. The summed E-state index contributed by atoms with van der Waals surface area (Å²) in [6, 6.07) is 2.33. The van der Waals surface area contributed by atoms with E-state index in [4.69, 9.17) is 33.2 Å². The van der Waals surface area contributed by atoms with E-state index in [2.05, 4.69) is 15.2 Å². The Balaban J connectivity index is 1.41. The van der Waals surface area contributed by atoms with Crippen LogP contribution in [0.15, 0.2) is 35.4 Å². The van der Waals surface area contributed by atoms with Gasteiger partial charge in [-0.3, -0.25) is 4.79 Å². The van der Waals surface area contributed by atoms with Gasteiger partial charge in [-0.25, -0.2) is 21.9 Å². The molecule has 74 heavy (non-hydrogen) atoms. The van der Waals surface area contributed by atoms with Crippen LogP contribution >= 0.6 is 0 Å². The molecule has 19 nitrogen and oxygen atoms in total. The Labute approximate surface area is 437 Å². The zero-order chi connectivity index (χ0) is 55.2. The topological polar surface area (TPSA) is 234 Å². The summed E-state index contributed by atoms with van der Waals surface area (Å²) in [5.41, 5.74) is -3.40. The van der Waals surface area contributed by atoms with Crippen molar-refractivity contribution in [3.05, 3.63) is 41.7 Å². The highest BCUT2D eigenvalue weighted by Crippen LogP contribution is 2.40. The Hall–Kier alpha value is -2.84. The number of ether oxygens (including phenoxy) is 7. The molecule has 0 saturated carbocycles. The summed E-state index contributed by atoms with van der Waals surface area (Å²) in [5, 5.41) is 56.0. The number of carbonyl (C=O) groups excluding carboxylic acids is 1. The monoisotopic (exact) mass is 1080 g/mol. The lowest BCUT2D eigenvalue weighted by Gasteiger charge is -2.48. The van der Waals surface area contributed by atoms with Crippen LogP contribution in [0.5, 0.6) is 0 Å². The van der Waals surface area contributed by atoms with Gasteiger partial charge in [0.15, 0.2) is 18.6 Å². The number of aliphatic hydroxyl groups is 4. The van der Waals surface area contributed by atoms with E-state index in [1.165, 1.54) is 50.1 Å². The highest BCUT2D eigenvalue weighted by molar-refractivity contribution is 7.91. The molecule has 3 aliphatic heterocycles. The number of benzene rings is 1. The molecule has 4 heterocycles. The number of halogens is 2. The molecular formula is C52H87F2N5O14S. The SMILES string of the molecule is CC[C@H]1OC(=O)[C@H](C)[C@@H](O[C@H]2C[C@@](C)(OC)[C@@H](O)[C@H](C)O2)[C@H](C)[C@@H](O[C@H]2C[C@@H](N(C)CCc3cn([C@H](CF)[C@H](OC)c4ccc(S(=O)(=O)CF)cc4)nn3)C[C@@H](C)O2)[C@](C)(O)C[C@@H](C)CN(C)[C@H](C)[C@@H](O)[C@]1(C)O. The molecule has 0 unspecified atom stereocenters. The molecule has 5 rings (SSSR count). The first-order valence-corrected chi connectivity index (χ1v) is 27.7. The van der Waals surface area contributed by atoms with Gasteiger partial charge in [-0.1, -0.05) is 38.1 Å². The molecule has 1 aromatic heterocycles. The van der Waals surface area contributed by atoms with Crippen molar-refractivity contribution in [3.63, 3.8) is 0 Å². The third-order valence-corrected chi connectivity index (χ3v) is 17.4. The van der Waals surface area contributed by atoms with Gasteiger partial charge in [0, 0.05) is 70.8 Å². The number of likely N-dealkylation sites (N-methyl/N-ethyl adjacent to an activating group) is 2. The van der Waals surface area contributed by atoms with Crippen LogP contribution in [0.2, 0.25) is 0 Å². The third kappa shape index (κ3) is 14.4. The highest BCUT2D eigenvalue weighted by Gasteiger charge is 2.52. The second-order valence-electron chi connectivity index (χ2n) is 22.2. The maximum Gasteiger partial charge on any atom is 0.311 e. The largest absolute Gasteiger partial charge is 0.459 e. The Bertz CT molecular complexity index is 2190. The van der Waals surface area contributed by atoms with Crippen LogP contribution < -0.4 is 0 Å². The number of carbonyl (C=O) groups is 1. The minimum Gasteiger partial charge on any atom is -0.459 e. The van der Waals surface area contributed by atoms with Gasteiger partial charge >= 0.3 is 5.97 Å². The van der Waals surface area contributed by atoms with E-state index in [0.29, 0.717) is 43.6 Å². The number of aliphatic hydroxyl groups excluding tert-OH is 2. The average Bonchev–Trinajstić information content (AvgIpc) is 3.83. The van der Waals surface area contributed by atoms with Gasteiger partial charge in [0.2, 0.25) is 9.84 Å². The van der Waals surface area contributed by atoms with Crippen LogP contribution in [0.4, 0.5) is 8.78 Å². The Morgan fingerprint density at radius 2 is 1.61 bits per heavy atom. The molecule has 19 atom stereocenters. The van der Waals surface area contributed by atoms with Gasteiger partial charge < -0.3 is 63.4 Å². The molecule has 0 spiro atoms. The van der Waals surface area contributed by atoms with E-state index in [9.17, 15) is 42.4 Å². The maximum atomic E-state index is 14.7. The summed E-state index contributed by atoms with van der Waals surface area (Å²) in [6.07, 6.45) is -5.45. The Morgan fingerprint density at radius 1 is 0.946 bits per heavy atom. The second kappa shape index (κ2) is 25.7. The fourth-order valence-corrected chi connectivity index (χ4v) is 12.1. The molecular weight excluding hydrogens is 989 g/mol. The predicted octanol–water partition coefficient (Wildman–Crippen LogP) is 4.73. The van der Waals surface area contributed by atoms with Crippen molar-refractivity contribution in [2.24, 2.45) is 17.8 Å². The van der Waals surface area contributed by atoms with Gasteiger partial charge in [-0.2, -0.15) is 0 Å². The van der Waals surface area contributed by atoms with Crippen LogP contribution in [0.1, 0.15) is 125 Å². The van der Waals surface area contributed by atoms with Crippen molar-refractivity contribution >= 4 is 15.8 Å². The van der Waals surface area contributed by atoms with E-state index in [1.807, 2.05) is 39.8 Å². The first-order valence-electron chi connectivity index (χ1n) is 26.0. The van der Waals surface area contributed by atoms with E-state index in [0.717, 1.165) is 0 Å². The normalized spacial score (nSPS) is 38.5. The zero-order valence-corrected chi connectivity index (χ0v) is 46.8. The van der Waals surface area contributed by atoms with Crippen molar-refractivity contribution in [3.8, 4) is 0 Å². The number of sulfone groups is 1. The number of hydrogen-bond acceptors (Lipinski definition) is 18. The second-order valence-corrected chi connectivity index (χ2v) is 24.1. The third-order valence-electron chi connectivity index (χ3n) is 16.1. The van der Waals surface area contributed by atoms with Crippen molar-refractivity contribution in [2.75, 3.05) is 54.1 Å². The Kier molecular flexibility index (Phi) is 21.6. The van der Waals surface area contributed by atoms with Crippen molar-refractivity contribution in [1.82, 2.24) is 24.8 Å². The van der Waals surface area contributed by atoms with Gasteiger partial charge in [0.25, 0.3) is 0 Å². The molecule has 3 aliphatic rings. The highest BCUT2D eigenvalue weighted by atomic mass is 32.2. The molecule has 1 aromatic carbocycles. The fourth-order valence-electron chi connectivity index (χ4n) is 11.4. The summed E-state index contributed by atoms with van der Waals surface area (Å²) in [7, 11) is 2.65. The lowest BCUT2D eigenvalue weighted by atomic mass is 9.77. The van der Waals surface area contributed by atoms with E-state index < -0.39 is 125 Å². The summed E-state index contributed by atoms with van der Waals surface area (Å²) < 4.78 is 97.5. The number of hydrogen-bond donors (Lipinski definition) is 4. The van der Waals surface area contributed by atoms with Crippen LogP contribution in [0.3, 0.4) is 0 Å². The zero-order valence-electron chi connectivity index (χ0n) is 46.0. The number of rotatable bonds is 17. The number of aromatic nitrogens is 3. The minimum atomic E-state index is -4.08. The van der Waals surface area contributed by atoms with Crippen LogP contribution in [-0.4, -0.2) is 198 Å².